The standard InChI is InChI=1S/C18H20N2O3/c1-3-12(2)23-16-6-4-5-14(11-16)18(22)20-15-9-7-13(8-10-15)17(19)21/h4-12H,3H2,1-2H3,(H2,19,21)(H,20,22)/t12-/m1/s1. The van der Waals surface area contributed by atoms with Crippen LogP contribution in [0.1, 0.15) is 41.0 Å². The van der Waals surface area contributed by atoms with Crippen molar-refractivity contribution in [1.29, 1.82) is 0 Å². The van der Waals surface area contributed by atoms with E-state index in [1.54, 1.807) is 42.5 Å². The van der Waals surface area contributed by atoms with E-state index >= 15 is 0 Å². The lowest BCUT2D eigenvalue weighted by Gasteiger charge is -2.13. The van der Waals surface area contributed by atoms with Crippen molar-refractivity contribution in [3.8, 4) is 5.75 Å². The molecule has 1 atom stereocenters. The van der Waals surface area contributed by atoms with Crippen molar-refractivity contribution in [1.82, 2.24) is 0 Å². The summed E-state index contributed by atoms with van der Waals surface area (Å²) in [7, 11) is 0. The van der Waals surface area contributed by atoms with Gasteiger partial charge in [-0.2, -0.15) is 0 Å². The first-order valence-electron chi connectivity index (χ1n) is 7.47. The molecular weight excluding hydrogens is 292 g/mol. The van der Waals surface area contributed by atoms with E-state index in [4.69, 9.17) is 10.5 Å². The third-order valence-electron chi connectivity index (χ3n) is 3.44. The Morgan fingerprint density at radius 3 is 2.43 bits per heavy atom. The van der Waals surface area contributed by atoms with Gasteiger partial charge in [0.15, 0.2) is 0 Å². The fourth-order valence-electron chi connectivity index (χ4n) is 1.95. The average Bonchev–Trinajstić information content (AvgIpc) is 2.55. The fraction of sp³-hybridized carbons (Fsp3) is 0.222. The van der Waals surface area contributed by atoms with Crippen LogP contribution in [0.3, 0.4) is 0 Å². The third-order valence-corrected chi connectivity index (χ3v) is 3.44. The van der Waals surface area contributed by atoms with E-state index in [9.17, 15) is 9.59 Å². The lowest BCUT2D eigenvalue weighted by molar-refractivity contribution is 0.0998. The minimum Gasteiger partial charge on any atom is -0.491 e. The van der Waals surface area contributed by atoms with Crippen LogP contribution in [0.5, 0.6) is 5.75 Å². The number of anilines is 1. The molecule has 0 radical (unpaired) electrons. The van der Waals surface area contributed by atoms with Gasteiger partial charge < -0.3 is 15.8 Å². The van der Waals surface area contributed by atoms with E-state index in [1.165, 1.54) is 0 Å². The number of hydrogen-bond acceptors (Lipinski definition) is 3. The molecule has 2 amide bonds. The van der Waals surface area contributed by atoms with Crippen molar-refractivity contribution in [3.05, 3.63) is 59.7 Å². The van der Waals surface area contributed by atoms with E-state index in [1.807, 2.05) is 19.9 Å². The zero-order valence-corrected chi connectivity index (χ0v) is 13.2. The van der Waals surface area contributed by atoms with Crippen LogP contribution in [-0.4, -0.2) is 17.9 Å². The largest absolute Gasteiger partial charge is 0.491 e. The smallest absolute Gasteiger partial charge is 0.255 e. The van der Waals surface area contributed by atoms with Crippen LogP contribution < -0.4 is 15.8 Å². The average molecular weight is 312 g/mol. The Morgan fingerprint density at radius 2 is 1.83 bits per heavy atom. The zero-order valence-electron chi connectivity index (χ0n) is 13.2. The molecule has 0 bridgehead atoms. The van der Waals surface area contributed by atoms with E-state index < -0.39 is 5.91 Å². The van der Waals surface area contributed by atoms with Crippen molar-refractivity contribution in [2.75, 3.05) is 5.32 Å². The Balaban J connectivity index is 2.08. The monoisotopic (exact) mass is 312 g/mol. The second-order valence-electron chi connectivity index (χ2n) is 5.26. The molecule has 120 valence electrons. The van der Waals surface area contributed by atoms with Gasteiger partial charge in [0.05, 0.1) is 6.10 Å². The molecule has 23 heavy (non-hydrogen) atoms. The summed E-state index contributed by atoms with van der Waals surface area (Å²) in [5, 5.41) is 2.77. The number of carbonyl (C=O) groups is 2. The van der Waals surface area contributed by atoms with Gasteiger partial charge in [-0.15, -0.1) is 0 Å². The van der Waals surface area contributed by atoms with Crippen molar-refractivity contribution in [3.63, 3.8) is 0 Å². The number of nitrogens with two attached hydrogens (primary N) is 1. The van der Waals surface area contributed by atoms with Gasteiger partial charge in [0.2, 0.25) is 5.91 Å². The maximum atomic E-state index is 12.3. The number of benzene rings is 2. The predicted molar refractivity (Wildman–Crippen MR) is 89.7 cm³/mol. The van der Waals surface area contributed by atoms with E-state index in [0.717, 1.165) is 6.42 Å². The second-order valence-corrected chi connectivity index (χ2v) is 5.26. The van der Waals surface area contributed by atoms with Gasteiger partial charge in [-0.25, -0.2) is 0 Å². The number of hydrogen-bond donors (Lipinski definition) is 2. The molecule has 0 aliphatic rings. The SMILES string of the molecule is CC[C@@H](C)Oc1cccc(C(=O)Nc2ccc(C(N)=O)cc2)c1. The van der Waals surface area contributed by atoms with Gasteiger partial charge in [0.1, 0.15) is 5.75 Å². The van der Waals surface area contributed by atoms with Gasteiger partial charge in [0.25, 0.3) is 5.91 Å². The van der Waals surface area contributed by atoms with E-state index in [0.29, 0.717) is 22.6 Å². The summed E-state index contributed by atoms with van der Waals surface area (Å²) in [5.41, 5.74) is 6.67. The quantitative estimate of drug-likeness (QED) is 0.859. The normalized spacial score (nSPS) is 11.6. The molecule has 0 spiro atoms. The predicted octanol–water partition coefficient (Wildman–Crippen LogP) is 3.22. The van der Waals surface area contributed by atoms with Gasteiger partial charge in [-0.1, -0.05) is 13.0 Å². The summed E-state index contributed by atoms with van der Waals surface area (Å²) < 4.78 is 5.72. The minimum absolute atomic E-state index is 0.0923. The second kappa shape index (κ2) is 7.45. The molecule has 5 nitrogen and oxygen atoms in total. The highest BCUT2D eigenvalue weighted by Crippen LogP contribution is 2.17. The molecule has 0 saturated carbocycles. The van der Waals surface area contributed by atoms with Gasteiger partial charge in [-0.3, -0.25) is 9.59 Å². The molecule has 0 aromatic heterocycles. The number of carbonyl (C=O) groups excluding carboxylic acids is 2. The Morgan fingerprint density at radius 1 is 1.13 bits per heavy atom. The van der Waals surface area contributed by atoms with Crippen molar-refractivity contribution in [2.45, 2.75) is 26.4 Å². The van der Waals surface area contributed by atoms with Crippen molar-refractivity contribution in [2.24, 2.45) is 5.73 Å². The highest BCUT2D eigenvalue weighted by atomic mass is 16.5. The minimum atomic E-state index is -0.502. The molecule has 3 N–H and O–H groups in total. The van der Waals surface area contributed by atoms with E-state index in [-0.39, 0.29) is 12.0 Å². The van der Waals surface area contributed by atoms with Crippen LogP contribution in [0.15, 0.2) is 48.5 Å². The maximum absolute atomic E-state index is 12.3. The molecule has 0 unspecified atom stereocenters. The summed E-state index contributed by atoms with van der Waals surface area (Å²) in [6, 6.07) is 13.4. The molecule has 2 rings (SSSR count). The van der Waals surface area contributed by atoms with Crippen molar-refractivity contribution < 1.29 is 14.3 Å². The van der Waals surface area contributed by atoms with E-state index in [2.05, 4.69) is 5.32 Å². The number of nitrogens with one attached hydrogen (secondary N) is 1. The Labute approximate surface area is 135 Å². The molecule has 2 aromatic carbocycles. The highest BCUT2D eigenvalue weighted by molar-refractivity contribution is 6.04. The summed E-state index contributed by atoms with van der Waals surface area (Å²) in [6.07, 6.45) is 0.984. The third kappa shape index (κ3) is 4.57. The number of rotatable bonds is 6. The first kappa shape index (κ1) is 16.5. The van der Waals surface area contributed by atoms with Crippen LogP contribution >= 0.6 is 0 Å². The molecule has 0 saturated heterocycles. The number of ether oxygens (including phenoxy) is 1. The van der Waals surface area contributed by atoms with Crippen LogP contribution in [0.2, 0.25) is 0 Å². The van der Waals surface area contributed by atoms with Crippen LogP contribution in [0.4, 0.5) is 5.69 Å². The molecule has 0 fully saturated rings. The lowest BCUT2D eigenvalue weighted by atomic mass is 10.1. The molecule has 2 aromatic rings. The fourth-order valence-corrected chi connectivity index (χ4v) is 1.95. The van der Waals surface area contributed by atoms with Crippen molar-refractivity contribution >= 4 is 17.5 Å². The summed E-state index contributed by atoms with van der Waals surface area (Å²) in [5.74, 6) is -0.0831. The van der Waals surface area contributed by atoms with Gasteiger partial charge in [-0.05, 0) is 55.8 Å². The van der Waals surface area contributed by atoms with Crippen LogP contribution in [0, 0.1) is 0 Å². The molecule has 0 aliphatic heterocycles. The molecule has 0 aliphatic carbocycles. The van der Waals surface area contributed by atoms with Crippen LogP contribution in [0.25, 0.3) is 0 Å². The molecule has 0 heterocycles. The lowest BCUT2D eigenvalue weighted by Crippen LogP contribution is -2.14. The zero-order chi connectivity index (χ0) is 16.8. The topological polar surface area (TPSA) is 81.4 Å². The van der Waals surface area contributed by atoms with Gasteiger partial charge in [0, 0.05) is 16.8 Å². The number of primary amides is 1. The highest BCUT2D eigenvalue weighted by Gasteiger charge is 2.09. The summed E-state index contributed by atoms with van der Waals surface area (Å²) in [6.45, 7) is 4.02. The number of amides is 2. The van der Waals surface area contributed by atoms with Crippen LogP contribution in [-0.2, 0) is 0 Å². The maximum Gasteiger partial charge on any atom is 0.255 e. The van der Waals surface area contributed by atoms with Gasteiger partial charge >= 0.3 is 0 Å². The Bertz CT molecular complexity index is 696. The summed E-state index contributed by atoms with van der Waals surface area (Å²) >= 11 is 0. The summed E-state index contributed by atoms with van der Waals surface area (Å²) in [4.78, 5) is 23.3. The first-order valence-corrected chi connectivity index (χ1v) is 7.47. The first-order chi connectivity index (χ1) is 11.0. The Hall–Kier alpha value is -2.82. The molecular formula is C18H20N2O3. The molecule has 5 heteroatoms. The Kier molecular flexibility index (Phi) is 5.36.